The predicted molar refractivity (Wildman–Crippen MR) is 94.4 cm³/mol. The summed E-state index contributed by atoms with van der Waals surface area (Å²) >= 11 is 0. The number of benzene rings is 2. The van der Waals surface area contributed by atoms with Gasteiger partial charge < -0.3 is 14.1 Å². The molecule has 0 fully saturated rings. The number of rotatable bonds is 6. The van der Waals surface area contributed by atoms with Gasteiger partial charge in [0.2, 0.25) is 0 Å². The average Bonchev–Trinajstić information content (AvgIpc) is 2.62. The zero-order chi connectivity index (χ0) is 17.6. The zero-order valence-electron chi connectivity index (χ0n) is 13.8. The van der Waals surface area contributed by atoms with E-state index in [1.54, 1.807) is 36.1 Å². The topological polar surface area (TPSA) is 72.6 Å². The number of nitrogens with zero attached hydrogens (tertiary/aromatic N) is 2. The van der Waals surface area contributed by atoms with Crippen LogP contribution < -0.4 is 10.5 Å². The fourth-order valence-corrected chi connectivity index (χ4v) is 2.50. The first-order chi connectivity index (χ1) is 12.2. The highest BCUT2D eigenvalue weighted by Gasteiger charge is 2.18. The van der Waals surface area contributed by atoms with E-state index < -0.39 is 11.6 Å². The normalized spacial score (nSPS) is 10.6. The van der Waals surface area contributed by atoms with Crippen LogP contribution in [0.3, 0.4) is 0 Å². The molecule has 25 heavy (non-hydrogen) atoms. The van der Waals surface area contributed by atoms with Gasteiger partial charge in [-0.2, -0.15) is 4.98 Å². The third-order valence-corrected chi connectivity index (χ3v) is 3.64. The third-order valence-electron chi connectivity index (χ3n) is 3.64. The zero-order valence-corrected chi connectivity index (χ0v) is 13.8. The van der Waals surface area contributed by atoms with Crippen LogP contribution >= 0.6 is 0 Å². The lowest BCUT2D eigenvalue weighted by Crippen LogP contribution is -2.32. The Morgan fingerprint density at radius 2 is 1.84 bits per heavy atom. The minimum atomic E-state index is -0.484. The molecule has 128 valence electrons. The van der Waals surface area contributed by atoms with Crippen LogP contribution in [-0.4, -0.2) is 24.1 Å². The van der Waals surface area contributed by atoms with Crippen molar-refractivity contribution >= 4 is 22.9 Å². The molecule has 3 aromatic rings. The number of hydrogen-bond donors (Lipinski definition) is 0. The molecule has 0 atom stereocenters. The summed E-state index contributed by atoms with van der Waals surface area (Å²) in [5, 5.41) is 0.405. The molecule has 0 spiro atoms. The molecule has 6 heteroatoms. The summed E-state index contributed by atoms with van der Waals surface area (Å²) in [5.74, 6) is -0.406. The predicted octanol–water partition coefficient (Wildman–Crippen LogP) is 2.76. The molecule has 0 unspecified atom stereocenters. The lowest BCUT2D eigenvalue weighted by atomic mass is 10.2. The molecule has 3 rings (SSSR count). The maximum absolute atomic E-state index is 12.2. The summed E-state index contributed by atoms with van der Waals surface area (Å²) in [7, 11) is 0. The molecule has 0 aliphatic heterocycles. The number of ether oxygens (including phenoxy) is 1. The molecule has 1 heterocycles. The second-order valence-electron chi connectivity index (χ2n) is 5.45. The standard InChI is InChI=1S/C19H18N2O4/c1-2-24-17(22)13-21(12-14-8-4-3-5-9-14)19-20-16-11-7-6-10-15(16)18(23)25-19/h3-11H,2,12-13H2,1H3. The molecule has 1 aromatic heterocycles. The quantitative estimate of drug-likeness (QED) is 0.644. The highest BCUT2D eigenvalue weighted by atomic mass is 16.5. The van der Waals surface area contributed by atoms with Gasteiger partial charge in [0.1, 0.15) is 6.54 Å². The smallest absolute Gasteiger partial charge is 0.348 e. The van der Waals surface area contributed by atoms with Gasteiger partial charge in [0, 0.05) is 6.54 Å². The number of aromatic nitrogens is 1. The number of hydrogen-bond acceptors (Lipinski definition) is 6. The average molecular weight is 338 g/mol. The maximum Gasteiger partial charge on any atom is 0.348 e. The lowest BCUT2D eigenvalue weighted by molar-refractivity contribution is -0.141. The third kappa shape index (κ3) is 4.03. The summed E-state index contributed by atoms with van der Waals surface area (Å²) in [5.41, 5.74) is 1.00. The van der Waals surface area contributed by atoms with E-state index >= 15 is 0 Å². The second-order valence-corrected chi connectivity index (χ2v) is 5.45. The molecule has 2 aromatic carbocycles. The van der Waals surface area contributed by atoms with E-state index in [4.69, 9.17) is 9.15 Å². The number of esters is 1. The van der Waals surface area contributed by atoms with Crippen molar-refractivity contribution in [3.8, 4) is 0 Å². The van der Waals surface area contributed by atoms with Crippen molar-refractivity contribution < 1.29 is 13.9 Å². The fourth-order valence-electron chi connectivity index (χ4n) is 2.50. The first-order valence-corrected chi connectivity index (χ1v) is 8.01. The Kier molecular flexibility index (Phi) is 5.09. The highest BCUT2D eigenvalue weighted by molar-refractivity contribution is 5.79. The Morgan fingerprint density at radius 3 is 2.60 bits per heavy atom. The van der Waals surface area contributed by atoms with Crippen molar-refractivity contribution in [2.45, 2.75) is 13.5 Å². The van der Waals surface area contributed by atoms with Gasteiger partial charge in [0.15, 0.2) is 0 Å². The summed E-state index contributed by atoms with van der Waals surface area (Å²) in [4.78, 5) is 30.2. The SMILES string of the molecule is CCOC(=O)CN(Cc1ccccc1)c1nc2ccccc2c(=O)o1. The van der Waals surface area contributed by atoms with E-state index in [2.05, 4.69) is 4.98 Å². The Hall–Kier alpha value is -3.15. The van der Waals surface area contributed by atoms with Gasteiger partial charge in [0.05, 0.1) is 17.5 Å². The van der Waals surface area contributed by atoms with Crippen molar-refractivity contribution in [3.05, 3.63) is 70.6 Å². The first kappa shape index (κ1) is 16.7. The monoisotopic (exact) mass is 338 g/mol. The van der Waals surface area contributed by atoms with Crippen molar-refractivity contribution in [2.75, 3.05) is 18.1 Å². The summed E-state index contributed by atoms with van der Waals surface area (Å²) < 4.78 is 10.4. The molecule has 0 bridgehead atoms. The van der Waals surface area contributed by atoms with Crippen molar-refractivity contribution in [3.63, 3.8) is 0 Å². The Balaban J connectivity index is 1.98. The van der Waals surface area contributed by atoms with Crippen LogP contribution in [0.4, 0.5) is 6.01 Å². The van der Waals surface area contributed by atoms with Gasteiger partial charge in [-0.25, -0.2) is 4.79 Å². The largest absolute Gasteiger partial charge is 0.465 e. The molecule has 0 N–H and O–H groups in total. The minimum absolute atomic E-state index is 0.0585. The number of para-hydroxylation sites is 1. The van der Waals surface area contributed by atoms with Crippen LogP contribution in [-0.2, 0) is 16.1 Å². The molecule has 0 aliphatic carbocycles. The summed E-state index contributed by atoms with van der Waals surface area (Å²) in [6.45, 7) is 2.34. The molecule has 0 saturated carbocycles. The van der Waals surface area contributed by atoms with Crippen LogP contribution in [0, 0.1) is 0 Å². The van der Waals surface area contributed by atoms with Crippen molar-refractivity contribution in [1.82, 2.24) is 4.98 Å². The van der Waals surface area contributed by atoms with Gasteiger partial charge >= 0.3 is 17.6 Å². The van der Waals surface area contributed by atoms with E-state index in [-0.39, 0.29) is 19.2 Å². The van der Waals surface area contributed by atoms with Gasteiger partial charge in [-0.1, -0.05) is 42.5 Å². The number of carbonyl (C=O) groups is 1. The molecule has 0 amide bonds. The van der Waals surface area contributed by atoms with Crippen LogP contribution in [0.15, 0.2) is 63.8 Å². The van der Waals surface area contributed by atoms with Gasteiger partial charge in [-0.15, -0.1) is 0 Å². The van der Waals surface area contributed by atoms with Crippen LogP contribution in [0.2, 0.25) is 0 Å². The Morgan fingerprint density at radius 1 is 1.12 bits per heavy atom. The summed E-state index contributed by atoms with van der Waals surface area (Å²) in [6.07, 6.45) is 0. The number of fused-ring (bicyclic) bond motifs is 1. The fraction of sp³-hybridized carbons (Fsp3) is 0.211. The minimum Gasteiger partial charge on any atom is -0.465 e. The van der Waals surface area contributed by atoms with Crippen molar-refractivity contribution in [2.24, 2.45) is 0 Å². The van der Waals surface area contributed by atoms with E-state index in [9.17, 15) is 9.59 Å². The van der Waals surface area contributed by atoms with E-state index in [1.165, 1.54) is 0 Å². The number of carbonyl (C=O) groups excluding carboxylic acids is 1. The van der Waals surface area contributed by atoms with Crippen LogP contribution in [0.1, 0.15) is 12.5 Å². The first-order valence-electron chi connectivity index (χ1n) is 8.01. The molecular weight excluding hydrogens is 320 g/mol. The van der Waals surface area contributed by atoms with Gasteiger partial charge in [0.25, 0.3) is 0 Å². The second kappa shape index (κ2) is 7.61. The Bertz CT molecular complexity index is 921. The van der Waals surface area contributed by atoms with Gasteiger partial charge in [-0.3, -0.25) is 4.79 Å². The molecule has 6 nitrogen and oxygen atoms in total. The molecule has 0 radical (unpaired) electrons. The Labute approximate surface area is 144 Å². The molecule has 0 saturated heterocycles. The molecular formula is C19H18N2O4. The van der Waals surface area contributed by atoms with Crippen LogP contribution in [0.5, 0.6) is 0 Å². The highest BCUT2D eigenvalue weighted by Crippen LogP contribution is 2.17. The lowest BCUT2D eigenvalue weighted by Gasteiger charge is -2.21. The van der Waals surface area contributed by atoms with Crippen LogP contribution in [0.25, 0.3) is 10.9 Å². The van der Waals surface area contributed by atoms with Gasteiger partial charge in [-0.05, 0) is 24.6 Å². The number of anilines is 1. The summed E-state index contributed by atoms with van der Waals surface area (Å²) in [6, 6.07) is 16.6. The molecule has 0 aliphatic rings. The van der Waals surface area contributed by atoms with E-state index in [0.29, 0.717) is 17.4 Å². The maximum atomic E-state index is 12.2. The van der Waals surface area contributed by atoms with E-state index in [1.807, 2.05) is 30.3 Å². The van der Waals surface area contributed by atoms with E-state index in [0.717, 1.165) is 5.56 Å². The van der Waals surface area contributed by atoms with Crippen molar-refractivity contribution in [1.29, 1.82) is 0 Å².